The first kappa shape index (κ1) is 21.4. The molecule has 6 heteroatoms. The van der Waals surface area contributed by atoms with Crippen molar-refractivity contribution >= 4 is 23.2 Å². The second-order valence-electron chi connectivity index (χ2n) is 8.52. The van der Waals surface area contributed by atoms with Gasteiger partial charge in [0.1, 0.15) is 0 Å². The third-order valence-electron chi connectivity index (χ3n) is 6.44. The van der Waals surface area contributed by atoms with Crippen LogP contribution in [0, 0.1) is 0 Å². The molecule has 0 radical (unpaired) electrons. The van der Waals surface area contributed by atoms with Gasteiger partial charge in [-0.2, -0.15) is 0 Å². The number of aryl methyl sites for hydroxylation is 2. The highest BCUT2D eigenvalue weighted by Crippen LogP contribution is 2.26. The average Bonchev–Trinajstić information content (AvgIpc) is 2.80. The second kappa shape index (κ2) is 9.96. The Kier molecular flexibility index (Phi) is 6.87. The molecule has 0 aromatic heterocycles. The van der Waals surface area contributed by atoms with Crippen LogP contribution in [0.4, 0.5) is 11.4 Å². The number of nitrogens with one attached hydrogen (secondary N) is 2. The van der Waals surface area contributed by atoms with E-state index in [0.29, 0.717) is 26.2 Å². The molecule has 2 aliphatic heterocycles. The quantitative estimate of drug-likeness (QED) is 0.741. The maximum atomic E-state index is 12.9. The average molecular weight is 422 g/mol. The molecule has 0 spiro atoms. The molecule has 2 N–H and O–H groups in total. The molecule has 2 aromatic rings. The van der Waals surface area contributed by atoms with Gasteiger partial charge < -0.3 is 20.0 Å². The number of fused-ring (bicyclic) bond motifs is 1. The fourth-order valence-corrected chi connectivity index (χ4v) is 4.66. The number of quaternary nitrogens is 1. The minimum Gasteiger partial charge on any atom is -0.362 e. The Hall–Kier alpha value is -2.86. The Morgan fingerprint density at radius 1 is 1.00 bits per heavy atom. The van der Waals surface area contributed by atoms with Crippen LogP contribution in [-0.2, 0) is 22.4 Å². The van der Waals surface area contributed by atoms with Gasteiger partial charge in [0.05, 0.1) is 32.7 Å². The SMILES string of the molecule is CCc1ccccc1NC(=O)C[NH+]1CCN(C(=O)CN2CCCc3ccccc32)CC1. The van der Waals surface area contributed by atoms with E-state index in [9.17, 15) is 9.59 Å². The largest absolute Gasteiger partial charge is 0.362 e. The third kappa shape index (κ3) is 5.25. The number of benzene rings is 2. The maximum Gasteiger partial charge on any atom is 0.279 e. The number of hydrogen-bond acceptors (Lipinski definition) is 3. The maximum absolute atomic E-state index is 12.9. The summed E-state index contributed by atoms with van der Waals surface area (Å²) in [5.74, 6) is 0.234. The number of anilines is 2. The van der Waals surface area contributed by atoms with Gasteiger partial charge in [-0.3, -0.25) is 9.59 Å². The summed E-state index contributed by atoms with van der Waals surface area (Å²) in [7, 11) is 0. The van der Waals surface area contributed by atoms with Gasteiger partial charge in [-0.15, -0.1) is 0 Å². The highest BCUT2D eigenvalue weighted by atomic mass is 16.2. The van der Waals surface area contributed by atoms with E-state index in [0.717, 1.165) is 50.1 Å². The molecule has 2 amide bonds. The smallest absolute Gasteiger partial charge is 0.279 e. The minimum atomic E-state index is 0.0422. The van der Waals surface area contributed by atoms with Crippen molar-refractivity contribution in [2.45, 2.75) is 26.2 Å². The number of nitrogens with zero attached hydrogens (tertiary/aromatic N) is 2. The fourth-order valence-electron chi connectivity index (χ4n) is 4.66. The van der Waals surface area contributed by atoms with Crippen LogP contribution in [0.15, 0.2) is 48.5 Å². The van der Waals surface area contributed by atoms with Crippen molar-refractivity contribution in [3.63, 3.8) is 0 Å². The highest BCUT2D eigenvalue weighted by Gasteiger charge is 2.27. The number of para-hydroxylation sites is 2. The van der Waals surface area contributed by atoms with Crippen molar-refractivity contribution in [2.24, 2.45) is 0 Å². The third-order valence-corrected chi connectivity index (χ3v) is 6.44. The lowest BCUT2D eigenvalue weighted by Gasteiger charge is -2.35. The summed E-state index contributed by atoms with van der Waals surface area (Å²) >= 11 is 0. The molecular weight excluding hydrogens is 388 g/mol. The van der Waals surface area contributed by atoms with E-state index in [-0.39, 0.29) is 11.8 Å². The van der Waals surface area contributed by atoms with Gasteiger partial charge >= 0.3 is 0 Å². The lowest BCUT2D eigenvalue weighted by Crippen LogP contribution is -3.15. The molecule has 0 saturated carbocycles. The number of hydrogen-bond donors (Lipinski definition) is 2. The van der Waals surface area contributed by atoms with Gasteiger partial charge in [-0.05, 0) is 42.5 Å². The molecule has 6 nitrogen and oxygen atoms in total. The Morgan fingerprint density at radius 2 is 1.74 bits per heavy atom. The van der Waals surface area contributed by atoms with Crippen LogP contribution in [0.25, 0.3) is 0 Å². The molecule has 164 valence electrons. The number of rotatable bonds is 6. The standard InChI is InChI=1S/C25H32N4O2/c1-2-20-8-3-5-11-22(20)26-24(30)18-27-14-16-28(17-15-27)25(31)19-29-13-7-10-21-9-4-6-12-23(21)29/h3-6,8-9,11-12H,2,7,10,13-19H2,1H3,(H,26,30)/p+1. The van der Waals surface area contributed by atoms with Crippen molar-refractivity contribution in [3.05, 3.63) is 59.7 Å². The van der Waals surface area contributed by atoms with E-state index in [1.807, 2.05) is 35.2 Å². The lowest BCUT2D eigenvalue weighted by molar-refractivity contribution is -0.895. The van der Waals surface area contributed by atoms with Gasteiger partial charge in [0.15, 0.2) is 6.54 Å². The Morgan fingerprint density at radius 3 is 2.55 bits per heavy atom. The van der Waals surface area contributed by atoms with Crippen molar-refractivity contribution < 1.29 is 14.5 Å². The zero-order valence-electron chi connectivity index (χ0n) is 18.4. The summed E-state index contributed by atoms with van der Waals surface area (Å²) in [5, 5.41) is 3.06. The summed E-state index contributed by atoms with van der Waals surface area (Å²) in [5.41, 5.74) is 4.60. The summed E-state index contributed by atoms with van der Waals surface area (Å²) in [6.45, 7) is 6.96. The minimum absolute atomic E-state index is 0.0422. The van der Waals surface area contributed by atoms with Crippen molar-refractivity contribution in [3.8, 4) is 0 Å². The first-order valence-electron chi connectivity index (χ1n) is 11.5. The van der Waals surface area contributed by atoms with Crippen LogP contribution in [0.5, 0.6) is 0 Å². The Bertz CT molecular complexity index is 921. The summed E-state index contributed by atoms with van der Waals surface area (Å²) in [4.78, 5) is 30.9. The van der Waals surface area contributed by atoms with E-state index >= 15 is 0 Å². The van der Waals surface area contributed by atoms with Gasteiger partial charge in [-0.1, -0.05) is 43.3 Å². The molecule has 0 unspecified atom stereocenters. The summed E-state index contributed by atoms with van der Waals surface area (Å²) in [6.07, 6.45) is 3.08. The van der Waals surface area contributed by atoms with Crippen molar-refractivity contribution in [2.75, 3.05) is 56.0 Å². The zero-order chi connectivity index (χ0) is 21.6. The lowest BCUT2D eigenvalue weighted by atomic mass is 10.0. The Labute approximate surface area is 184 Å². The molecule has 1 fully saturated rings. The number of piperazine rings is 1. The molecule has 1 saturated heterocycles. The summed E-state index contributed by atoms with van der Waals surface area (Å²) in [6, 6.07) is 16.4. The molecule has 0 aliphatic carbocycles. The zero-order valence-corrected chi connectivity index (χ0v) is 18.4. The van der Waals surface area contributed by atoms with Crippen LogP contribution in [0.1, 0.15) is 24.5 Å². The summed E-state index contributed by atoms with van der Waals surface area (Å²) < 4.78 is 0. The van der Waals surface area contributed by atoms with Gasteiger partial charge in [0.2, 0.25) is 5.91 Å². The van der Waals surface area contributed by atoms with Gasteiger partial charge in [0.25, 0.3) is 5.91 Å². The molecule has 31 heavy (non-hydrogen) atoms. The molecule has 2 aromatic carbocycles. The normalized spacial score (nSPS) is 16.7. The van der Waals surface area contributed by atoms with E-state index in [4.69, 9.17) is 0 Å². The molecule has 2 heterocycles. The van der Waals surface area contributed by atoms with Gasteiger partial charge in [-0.25, -0.2) is 0 Å². The van der Waals surface area contributed by atoms with Gasteiger partial charge in [0, 0.05) is 17.9 Å². The molecule has 0 atom stereocenters. The van der Waals surface area contributed by atoms with E-state index < -0.39 is 0 Å². The molecular formula is C25H33N4O2+. The number of carbonyl (C=O) groups excluding carboxylic acids is 2. The van der Waals surface area contributed by atoms with E-state index in [1.54, 1.807) is 0 Å². The predicted molar refractivity (Wildman–Crippen MR) is 124 cm³/mol. The monoisotopic (exact) mass is 421 g/mol. The first-order chi connectivity index (χ1) is 15.1. The molecule has 2 aliphatic rings. The van der Waals surface area contributed by atoms with Crippen molar-refractivity contribution in [1.29, 1.82) is 0 Å². The van der Waals surface area contributed by atoms with Crippen molar-refractivity contribution in [1.82, 2.24) is 4.90 Å². The molecule has 0 bridgehead atoms. The van der Waals surface area contributed by atoms with Crippen LogP contribution >= 0.6 is 0 Å². The van der Waals surface area contributed by atoms with Crippen LogP contribution in [0.2, 0.25) is 0 Å². The second-order valence-corrected chi connectivity index (χ2v) is 8.52. The van der Waals surface area contributed by atoms with E-state index in [2.05, 4.69) is 35.3 Å². The van der Waals surface area contributed by atoms with E-state index in [1.165, 1.54) is 16.2 Å². The number of carbonyl (C=O) groups is 2. The van der Waals surface area contributed by atoms with Crippen LogP contribution in [-0.4, -0.2) is 62.5 Å². The first-order valence-corrected chi connectivity index (χ1v) is 11.5. The predicted octanol–water partition coefficient (Wildman–Crippen LogP) is 1.37. The van der Waals surface area contributed by atoms with Crippen LogP contribution in [0.3, 0.4) is 0 Å². The fraction of sp³-hybridized carbons (Fsp3) is 0.440. The molecule has 4 rings (SSSR count). The van der Waals surface area contributed by atoms with Crippen LogP contribution < -0.4 is 15.1 Å². The highest BCUT2D eigenvalue weighted by molar-refractivity contribution is 5.92. The topological polar surface area (TPSA) is 57.1 Å². The Balaban J connectivity index is 1.25. The number of amides is 2.